The third-order valence-corrected chi connectivity index (χ3v) is 5.22. The number of aryl methyl sites for hydroxylation is 2. The summed E-state index contributed by atoms with van der Waals surface area (Å²) < 4.78 is 5.63. The first kappa shape index (κ1) is 19.5. The highest BCUT2D eigenvalue weighted by atomic mass is 32.1. The zero-order valence-corrected chi connectivity index (χ0v) is 16.9. The summed E-state index contributed by atoms with van der Waals surface area (Å²) in [4.78, 5) is 32.1. The van der Waals surface area contributed by atoms with Crippen LogP contribution in [-0.2, 0) is 0 Å². The molecule has 0 spiro atoms. The lowest BCUT2D eigenvalue weighted by Crippen LogP contribution is -2.13. The first-order valence-corrected chi connectivity index (χ1v) is 9.85. The number of nitrogens with one attached hydrogen (secondary N) is 1. The van der Waals surface area contributed by atoms with E-state index < -0.39 is 10.8 Å². The molecule has 0 saturated carbocycles. The normalized spacial score (nSPS) is 10.7. The Morgan fingerprint density at radius 2 is 1.87 bits per heavy atom. The van der Waals surface area contributed by atoms with Crippen molar-refractivity contribution in [2.24, 2.45) is 0 Å². The average Bonchev–Trinajstić information content (AvgIpc) is 3.35. The molecule has 150 valence electrons. The van der Waals surface area contributed by atoms with Gasteiger partial charge in [0.1, 0.15) is 5.76 Å². The SMILES string of the molecule is Cc1ccc(-c2csc(NC(=O)c3nc(-c4ccccc4)oc3C)n2)cc1[N+](=O)[O-]. The first-order valence-electron chi connectivity index (χ1n) is 8.97. The fourth-order valence-electron chi connectivity index (χ4n) is 2.90. The molecule has 2 aromatic carbocycles. The Kier molecular flexibility index (Phi) is 5.11. The Labute approximate surface area is 175 Å². The van der Waals surface area contributed by atoms with E-state index in [0.717, 1.165) is 5.56 Å². The number of aromatic nitrogens is 2. The van der Waals surface area contributed by atoms with Crippen LogP contribution in [0.1, 0.15) is 21.8 Å². The van der Waals surface area contributed by atoms with Crippen LogP contribution < -0.4 is 5.32 Å². The summed E-state index contributed by atoms with van der Waals surface area (Å²) in [7, 11) is 0. The predicted molar refractivity (Wildman–Crippen MR) is 114 cm³/mol. The third kappa shape index (κ3) is 3.83. The molecule has 0 unspecified atom stereocenters. The van der Waals surface area contributed by atoms with E-state index in [9.17, 15) is 14.9 Å². The van der Waals surface area contributed by atoms with Crippen LogP contribution in [-0.4, -0.2) is 20.8 Å². The number of oxazole rings is 1. The molecule has 4 rings (SSSR count). The van der Waals surface area contributed by atoms with Crippen LogP contribution in [0.15, 0.2) is 58.3 Å². The van der Waals surface area contributed by atoms with E-state index in [-0.39, 0.29) is 11.4 Å². The number of nitro groups is 1. The Hall–Kier alpha value is -3.85. The summed E-state index contributed by atoms with van der Waals surface area (Å²) in [5, 5.41) is 16.0. The van der Waals surface area contributed by atoms with E-state index >= 15 is 0 Å². The van der Waals surface area contributed by atoms with E-state index in [1.807, 2.05) is 30.3 Å². The van der Waals surface area contributed by atoms with Gasteiger partial charge in [0.15, 0.2) is 10.8 Å². The lowest BCUT2D eigenvalue weighted by molar-refractivity contribution is -0.385. The van der Waals surface area contributed by atoms with Gasteiger partial charge < -0.3 is 4.42 Å². The van der Waals surface area contributed by atoms with Crippen molar-refractivity contribution >= 4 is 28.1 Å². The van der Waals surface area contributed by atoms with Crippen LogP contribution in [0.5, 0.6) is 0 Å². The molecule has 0 fully saturated rings. The van der Waals surface area contributed by atoms with Gasteiger partial charge in [-0.2, -0.15) is 0 Å². The number of anilines is 1. The highest BCUT2D eigenvalue weighted by Crippen LogP contribution is 2.30. The Morgan fingerprint density at radius 1 is 1.10 bits per heavy atom. The Balaban J connectivity index is 1.55. The molecule has 0 aliphatic carbocycles. The van der Waals surface area contributed by atoms with Crippen LogP contribution in [0.2, 0.25) is 0 Å². The summed E-state index contributed by atoms with van der Waals surface area (Å²) in [6.07, 6.45) is 0. The maximum Gasteiger partial charge on any atom is 0.279 e. The number of hydrogen-bond donors (Lipinski definition) is 1. The van der Waals surface area contributed by atoms with Crippen molar-refractivity contribution in [2.75, 3.05) is 5.32 Å². The number of carbonyl (C=O) groups excluding carboxylic acids is 1. The molecule has 0 aliphatic rings. The van der Waals surface area contributed by atoms with E-state index in [2.05, 4.69) is 15.3 Å². The third-order valence-electron chi connectivity index (χ3n) is 4.46. The van der Waals surface area contributed by atoms with Crippen molar-refractivity contribution in [3.05, 3.63) is 81.0 Å². The second kappa shape index (κ2) is 7.88. The number of nitrogens with zero attached hydrogens (tertiary/aromatic N) is 3. The van der Waals surface area contributed by atoms with Crippen LogP contribution in [0.25, 0.3) is 22.7 Å². The summed E-state index contributed by atoms with van der Waals surface area (Å²) in [6, 6.07) is 14.2. The number of rotatable bonds is 5. The molecule has 2 aromatic heterocycles. The van der Waals surface area contributed by atoms with Crippen molar-refractivity contribution in [1.29, 1.82) is 0 Å². The van der Waals surface area contributed by atoms with E-state index in [1.165, 1.54) is 17.4 Å². The maximum absolute atomic E-state index is 12.7. The van der Waals surface area contributed by atoms with Gasteiger partial charge in [-0.25, -0.2) is 9.97 Å². The number of carbonyl (C=O) groups is 1. The summed E-state index contributed by atoms with van der Waals surface area (Å²) >= 11 is 1.22. The van der Waals surface area contributed by atoms with Gasteiger partial charge in [0, 0.05) is 28.1 Å². The van der Waals surface area contributed by atoms with Crippen molar-refractivity contribution in [1.82, 2.24) is 9.97 Å². The summed E-state index contributed by atoms with van der Waals surface area (Å²) in [5.74, 6) is 0.330. The highest BCUT2D eigenvalue weighted by Gasteiger charge is 2.20. The molecule has 0 radical (unpaired) electrons. The average molecular weight is 420 g/mol. The lowest BCUT2D eigenvalue weighted by atomic mass is 10.1. The monoisotopic (exact) mass is 420 g/mol. The quantitative estimate of drug-likeness (QED) is 0.349. The van der Waals surface area contributed by atoms with Gasteiger partial charge in [-0.15, -0.1) is 11.3 Å². The summed E-state index contributed by atoms with van der Waals surface area (Å²) in [6.45, 7) is 3.35. The van der Waals surface area contributed by atoms with Crippen LogP contribution >= 0.6 is 11.3 Å². The summed E-state index contributed by atoms with van der Waals surface area (Å²) in [5.41, 5.74) is 2.70. The van der Waals surface area contributed by atoms with E-state index in [1.54, 1.807) is 31.4 Å². The van der Waals surface area contributed by atoms with Gasteiger partial charge in [0.2, 0.25) is 5.89 Å². The van der Waals surface area contributed by atoms with Crippen molar-refractivity contribution in [2.45, 2.75) is 13.8 Å². The highest BCUT2D eigenvalue weighted by molar-refractivity contribution is 7.14. The molecule has 0 saturated heterocycles. The number of hydrogen-bond acceptors (Lipinski definition) is 7. The number of thiazole rings is 1. The van der Waals surface area contributed by atoms with Crippen molar-refractivity contribution in [3.8, 4) is 22.7 Å². The Morgan fingerprint density at radius 3 is 2.60 bits per heavy atom. The zero-order valence-electron chi connectivity index (χ0n) is 16.1. The molecular formula is C21H16N4O4S. The van der Waals surface area contributed by atoms with Crippen LogP contribution in [0.4, 0.5) is 10.8 Å². The van der Waals surface area contributed by atoms with Gasteiger partial charge in [0.25, 0.3) is 11.6 Å². The molecule has 0 bridgehead atoms. The fraction of sp³-hybridized carbons (Fsp3) is 0.0952. The number of nitro benzene ring substituents is 1. The number of amides is 1. The van der Waals surface area contributed by atoms with Gasteiger partial charge in [-0.3, -0.25) is 20.2 Å². The van der Waals surface area contributed by atoms with Crippen molar-refractivity contribution < 1.29 is 14.1 Å². The van der Waals surface area contributed by atoms with Crippen LogP contribution in [0.3, 0.4) is 0 Å². The van der Waals surface area contributed by atoms with Gasteiger partial charge >= 0.3 is 0 Å². The molecule has 0 aliphatic heterocycles. The van der Waals surface area contributed by atoms with Gasteiger partial charge in [-0.05, 0) is 26.0 Å². The second-order valence-electron chi connectivity index (χ2n) is 6.54. The van der Waals surface area contributed by atoms with E-state index in [0.29, 0.717) is 33.6 Å². The minimum Gasteiger partial charge on any atom is -0.441 e. The Bertz CT molecular complexity index is 1250. The smallest absolute Gasteiger partial charge is 0.279 e. The molecule has 8 nitrogen and oxygen atoms in total. The van der Waals surface area contributed by atoms with Gasteiger partial charge in [0.05, 0.1) is 10.6 Å². The minimum atomic E-state index is -0.436. The first-order chi connectivity index (χ1) is 14.4. The molecule has 9 heteroatoms. The molecule has 1 N–H and O–H groups in total. The van der Waals surface area contributed by atoms with Crippen molar-refractivity contribution in [3.63, 3.8) is 0 Å². The zero-order chi connectivity index (χ0) is 21.3. The topological polar surface area (TPSA) is 111 Å². The molecule has 0 atom stereocenters. The molecular weight excluding hydrogens is 404 g/mol. The standard InChI is InChI=1S/C21H16N4O4S/c1-12-8-9-15(10-17(12)25(27)28)16-11-30-21(22-16)24-19(26)18-13(2)29-20(23-18)14-6-4-3-5-7-14/h3-11H,1-2H3,(H,22,24,26). The maximum atomic E-state index is 12.7. The lowest BCUT2D eigenvalue weighted by Gasteiger charge is -2.01. The predicted octanol–water partition coefficient (Wildman–Crippen LogP) is 5.24. The number of benzene rings is 2. The molecule has 30 heavy (non-hydrogen) atoms. The van der Waals surface area contributed by atoms with Crippen LogP contribution in [0, 0.1) is 24.0 Å². The minimum absolute atomic E-state index is 0.0257. The molecule has 1 amide bonds. The molecule has 4 aromatic rings. The largest absolute Gasteiger partial charge is 0.441 e. The fourth-order valence-corrected chi connectivity index (χ4v) is 3.61. The van der Waals surface area contributed by atoms with E-state index in [4.69, 9.17) is 4.42 Å². The second-order valence-corrected chi connectivity index (χ2v) is 7.40. The molecule has 2 heterocycles. The van der Waals surface area contributed by atoms with Gasteiger partial charge in [-0.1, -0.05) is 30.3 Å².